The highest BCUT2D eigenvalue weighted by molar-refractivity contribution is 7.91. The quantitative estimate of drug-likeness (QED) is 0.564. The number of aliphatic carboxylic acids is 1. The van der Waals surface area contributed by atoms with Crippen LogP contribution in [0.1, 0.15) is 13.8 Å². The Bertz CT molecular complexity index is 1230. The number of sulfone groups is 1. The molecular formula is C22H23ClN2O7S. The number of amides is 3. The first kappa shape index (κ1) is 24.7. The van der Waals surface area contributed by atoms with Gasteiger partial charge in [-0.1, -0.05) is 48.0 Å². The van der Waals surface area contributed by atoms with E-state index in [1.807, 2.05) is 0 Å². The highest BCUT2D eigenvalue weighted by Crippen LogP contribution is 2.33. The number of nitrogens with zero attached hydrogens (tertiary/aromatic N) is 2. The molecule has 0 spiro atoms. The second kappa shape index (κ2) is 8.44. The summed E-state index contributed by atoms with van der Waals surface area (Å²) in [6.07, 6.45) is 0. The normalized spacial score (nSPS) is 17.8. The highest BCUT2D eigenvalue weighted by Gasteiger charge is 2.54. The fraction of sp³-hybridized carbons (Fsp3) is 0.318. The maximum atomic E-state index is 13.3. The molecule has 2 aromatic carbocycles. The van der Waals surface area contributed by atoms with Gasteiger partial charge in [0.15, 0.2) is 15.4 Å². The van der Waals surface area contributed by atoms with E-state index in [0.29, 0.717) is 10.5 Å². The molecule has 2 N–H and O–H groups in total. The molecule has 1 heterocycles. The van der Waals surface area contributed by atoms with Crippen molar-refractivity contribution in [1.29, 1.82) is 0 Å². The molecule has 1 saturated heterocycles. The molecule has 0 radical (unpaired) electrons. The molecule has 3 amide bonds. The Hall–Kier alpha value is -2.95. The Kier molecular flexibility index (Phi) is 6.31. The number of hydrogen-bond acceptors (Lipinski definition) is 6. The zero-order valence-electron chi connectivity index (χ0n) is 18.1. The van der Waals surface area contributed by atoms with Crippen LogP contribution in [0.4, 0.5) is 4.79 Å². The molecule has 9 nitrogen and oxygen atoms in total. The van der Waals surface area contributed by atoms with Crippen LogP contribution in [-0.2, 0) is 19.4 Å². The number of carbonyl (C=O) groups excluding carboxylic acids is 2. The largest absolute Gasteiger partial charge is 0.479 e. The molecule has 1 unspecified atom stereocenters. The molecule has 33 heavy (non-hydrogen) atoms. The third kappa shape index (κ3) is 4.46. The van der Waals surface area contributed by atoms with Gasteiger partial charge in [0.05, 0.1) is 17.2 Å². The summed E-state index contributed by atoms with van der Waals surface area (Å²) in [6, 6.07) is 11.8. The number of aliphatic hydroxyl groups is 1. The van der Waals surface area contributed by atoms with Crippen molar-refractivity contribution < 1.29 is 33.0 Å². The molecule has 2 aromatic rings. The highest BCUT2D eigenvalue weighted by atomic mass is 35.5. The fourth-order valence-electron chi connectivity index (χ4n) is 3.56. The number of β-amino-alcohol motifs (C(OH)–C–C–N with tert-alkyl or cyclic N) is 1. The van der Waals surface area contributed by atoms with E-state index >= 15 is 0 Å². The van der Waals surface area contributed by atoms with Crippen molar-refractivity contribution in [2.24, 2.45) is 0 Å². The van der Waals surface area contributed by atoms with Gasteiger partial charge >= 0.3 is 12.0 Å². The SMILES string of the molecule is CN1C(=O)N(CC(O)(CS(=O)(=O)c2cc(Cl)ccc2-c2ccccc2)C(=O)O)C(=O)C1(C)C. The summed E-state index contributed by atoms with van der Waals surface area (Å²) in [5.41, 5.74) is -3.42. The Balaban J connectivity index is 2.03. The van der Waals surface area contributed by atoms with E-state index in [-0.39, 0.29) is 15.5 Å². The van der Waals surface area contributed by atoms with Gasteiger partial charge in [0.25, 0.3) is 5.91 Å². The number of halogens is 1. The van der Waals surface area contributed by atoms with Crippen LogP contribution < -0.4 is 0 Å². The standard InChI is InChI=1S/C22H23ClN2O7S/c1-21(2)18(26)25(20(29)24(21)3)12-22(30,19(27)28)13-33(31,32)17-11-15(23)9-10-16(17)14-7-5-4-6-8-14/h4-11,30H,12-13H2,1-3H3,(H,27,28). The Morgan fingerprint density at radius 1 is 1.12 bits per heavy atom. The number of carboxylic acid groups (broad SMARTS) is 1. The van der Waals surface area contributed by atoms with Crippen molar-refractivity contribution in [3.63, 3.8) is 0 Å². The number of benzene rings is 2. The Morgan fingerprint density at radius 3 is 2.24 bits per heavy atom. The monoisotopic (exact) mass is 494 g/mol. The molecular weight excluding hydrogens is 472 g/mol. The van der Waals surface area contributed by atoms with E-state index in [0.717, 1.165) is 4.90 Å². The van der Waals surface area contributed by atoms with E-state index in [2.05, 4.69) is 0 Å². The van der Waals surface area contributed by atoms with Crippen LogP contribution in [0.15, 0.2) is 53.4 Å². The minimum Gasteiger partial charge on any atom is -0.479 e. The van der Waals surface area contributed by atoms with E-state index in [4.69, 9.17) is 11.6 Å². The molecule has 0 bridgehead atoms. The maximum absolute atomic E-state index is 13.3. The number of hydrogen-bond donors (Lipinski definition) is 2. The Labute approximate surface area is 196 Å². The van der Waals surface area contributed by atoms with Crippen molar-refractivity contribution >= 4 is 39.3 Å². The topological polar surface area (TPSA) is 132 Å². The van der Waals surface area contributed by atoms with E-state index in [9.17, 15) is 33.0 Å². The zero-order valence-corrected chi connectivity index (χ0v) is 19.7. The number of imide groups is 1. The van der Waals surface area contributed by atoms with Gasteiger partial charge in [-0.05, 0) is 31.5 Å². The molecule has 176 valence electrons. The van der Waals surface area contributed by atoms with Gasteiger partial charge < -0.3 is 15.1 Å². The van der Waals surface area contributed by atoms with Crippen molar-refractivity contribution in [1.82, 2.24) is 9.80 Å². The van der Waals surface area contributed by atoms with E-state index in [1.54, 1.807) is 30.3 Å². The molecule has 1 aliphatic heterocycles. The lowest BCUT2D eigenvalue weighted by Crippen LogP contribution is -2.55. The van der Waals surface area contributed by atoms with Gasteiger partial charge in [0.2, 0.25) is 0 Å². The Morgan fingerprint density at radius 2 is 1.73 bits per heavy atom. The minimum absolute atomic E-state index is 0.0976. The first-order valence-electron chi connectivity index (χ1n) is 9.84. The average molecular weight is 495 g/mol. The van der Waals surface area contributed by atoms with Crippen LogP contribution in [0.3, 0.4) is 0 Å². The van der Waals surface area contributed by atoms with Crippen molar-refractivity contribution in [3.05, 3.63) is 53.6 Å². The van der Waals surface area contributed by atoms with Crippen LogP contribution in [0.5, 0.6) is 0 Å². The average Bonchev–Trinajstić information content (AvgIpc) is 2.88. The summed E-state index contributed by atoms with van der Waals surface area (Å²) >= 11 is 6.02. The molecule has 0 aromatic heterocycles. The van der Waals surface area contributed by atoms with Crippen molar-refractivity contribution in [3.8, 4) is 11.1 Å². The number of likely N-dealkylation sites (N-methyl/N-ethyl adjacent to an activating group) is 1. The second-order valence-electron chi connectivity index (χ2n) is 8.39. The lowest BCUT2D eigenvalue weighted by Gasteiger charge is -2.27. The fourth-order valence-corrected chi connectivity index (χ4v) is 5.62. The summed E-state index contributed by atoms with van der Waals surface area (Å²) in [5, 5.41) is 20.7. The molecule has 1 aliphatic rings. The molecule has 1 atom stereocenters. The number of urea groups is 1. The first-order valence-corrected chi connectivity index (χ1v) is 11.9. The van der Waals surface area contributed by atoms with Crippen LogP contribution >= 0.6 is 11.6 Å². The summed E-state index contributed by atoms with van der Waals surface area (Å²) in [6.45, 7) is 1.89. The summed E-state index contributed by atoms with van der Waals surface area (Å²) in [4.78, 5) is 38.5. The van der Waals surface area contributed by atoms with E-state index < -0.39 is 51.2 Å². The predicted octanol–water partition coefficient (Wildman–Crippen LogP) is 2.27. The third-order valence-corrected chi connectivity index (χ3v) is 7.84. The van der Waals surface area contributed by atoms with Crippen molar-refractivity contribution in [2.45, 2.75) is 29.9 Å². The summed E-state index contributed by atoms with van der Waals surface area (Å²) in [7, 11) is -3.11. The van der Waals surface area contributed by atoms with Crippen LogP contribution in [-0.4, -0.2) is 76.8 Å². The van der Waals surface area contributed by atoms with Gasteiger partial charge in [0.1, 0.15) is 5.54 Å². The van der Waals surface area contributed by atoms with Crippen LogP contribution in [0, 0.1) is 0 Å². The first-order chi connectivity index (χ1) is 15.2. The summed E-state index contributed by atoms with van der Waals surface area (Å²) < 4.78 is 26.7. The van der Waals surface area contributed by atoms with Crippen molar-refractivity contribution in [2.75, 3.05) is 19.3 Å². The van der Waals surface area contributed by atoms with Gasteiger partial charge in [-0.3, -0.25) is 9.69 Å². The van der Waals surface area contributed by atoms with Crippen LogP contribution in [0.2, 0.25) is 5.02 Å². The minimum atomic E-state index is -4.46. The number of carboxylic acids is 1. The zero-order chi connectivity index (χ0) is 24.8. The van der Waals surface area contributed by atoms with Gasteiger partial charge in [-0.15, -0.1) is 0 Å². The molecule has 11 heteroatoms. The van der Waals surface area contributed by atoms with Crippen LogP contribution in [0.25, 0.3) is 11.1 Å². The molecule has 1 fully saturated rings. The number of rotatable bonds is 7. The lowest BCUT2D eigenvalue weighted by atomic mass is 10.0. The van der Waals surface area contributed by atoms with Gasteiger partial charge in [0, 0.05) is 17.6 Å². The smallest absolute Gasteiger partial charge is 0.338 e. The molecule has 0 aliphatic carbocycles. The van der Waals surface area contributed by atoms with Gasteiger partial charge in [-0.25, -0.2) is 18.0 Å². The summed E-state index contributed by atoms with van der Waals surface area (Å²) in [5.74, 6) is -3.92. The second-order valence-corrected chi connectivity index (χ2v) is 10.8. The predicted molar refractivity (Wildman–Crippen MR) is 120 cm³/mol. The van der Waals surface area contributed by atoms with E-state index in [1.165, 1.54) is 39.1 Å². The maximum Gasteiger partial charge on any atom is 0.338 e. The molecule has 3 rings (SSSR count). The number of carbonyl (C=O) groups is 3. The van der Waals surface area contributed by atoms with Gasteiger partial charge in [-0.2, -0.15) is 0 Å². The third-order valence-electron chi connectivity index (χ3n) is 5.73. The lowest BCUT2D eigenvalue weighted by molar-refractivity contribution is -0.158. The molecule has 0 saturated carbocycles.